The number of halogens is 1. The lowest BCUT2D eigenvalue weighted by Gasteiger charge is -2.22. The van der Waals surface area contributed by atoms with Crippen LogP contribution in [0.5, 0.6) is 0 Å². The van der Waals surface area contributed by atoms with E-state index in [0.717, 1.165) is 17.4 Å². The van der Waals surface area contributed by atoms with Crippen molar-refractivity contribution in [1.82, 2.24) is 0 Å². The summed E-state index contributed by atoms with van der Waals surface area (Å²) in [5, 5.41) is 0. The molecular weight excluding hydrogens is 331 g/mol. The molecule has 0 heterocycles. The van der Waals surface area contributed by atoms with Gasteiger partial charge in [0.15, 0.2) is 0 Å². The summed E-state index contributed by atoms with van der Waals surface area (Å²) < 4.78 is 12.6. The Hall–Kier alpha value is -1.63. The summed E-state index contributed by atoms with van der Waals surface area (Å²) in [5.41, 5.74) is 4.34. The average Bonchev–Trinajstić information content (AvgIpc) is 2.58. The third-order valence-electron chi connectivity index (χ3n) is 4.85. The monoisotopic (exact) mass is 374 g/mol. The Morgan fingerprint density at radius 3 is 1.26 bits per heavy atom. The smallest absolute Gasteiger partial charge is 0.126 e. The number of hydrogen-bond acceptors (Lipinski definition) is 0. The van der Waals surface area contributed by atoms with E-state index in [9.17, 15) is 4.39 Å². The average molecular weight is 375 g/mol. The van der Waals surface area contributed by atoms with Crippen LogP contribution in [0.2, 0.25) is 0 Å². The van der Waals surface area contributed by atoms with Crippen molar-refractivity contribution in [3.8, 4) is 0 Å². The van der Waals surface area contributed by atoms with Crippen molar-refractivity contribution in [2.75, 3.05) is 0 Å². The highest BCUT2D eigenvalue weighted by atomic mass is 19.1. The second kappa shape index (κ2) is 14.4. The summed E-state index contributed by atoms with van der Waals surface area (Å²) in [5.74, 6) is 1.92. The number of rotatable bonds is 0. The van der Waals surface area contributed by atoms with Crippen LogP contribution in [0.3, 0.4) is 0 Å². The summed E-state index contributed by atoms with van der Waals surface area (Å²) in [4.78, 5) is 0. The van der Waals surface area contributed by atoms with Crippen molar-refractivity contribution in [2.45, 2.75) is 82.1 Å². The van der Waals surface area contributed by atoms with Gasteiger partial charge in [-0.3, -0.25) is 0 Å². The van der Waals surface area contributed by atoms with Gasteiger partial charge in [0.05, 0.1) is 0 Å². The van der Waals surface area contributed by atoms with Crippen LogP contribution in [0.15, 0.2) is 42.5 Å². The van der Waals surface area contributed by atoms with Crippen molar-refractivity contribution >= 4 is 0 Å². The van der Waals surface area contributed by atoms with Crippen LogP contribution < -0.4 is 0 Å². The fourth-order valence-corrected chi connectivity index (χ4v) is 2.76. The third-order valence-corrected chi connectivity index (χ3v) is 4.85. The molecule has 0 nitrogen and oxygen atoms in total. The molecule has 0 amide bonds. The minimum Gasteiger partial charge on any atom is -0.207 e. The fraction of sp³-hybridized carbons (Fsp3) is 0.538. The molecule has 2 aromatic rings. The summed E-state index contributed by atoms with van der Waals surface area (Å²) in [6, 6.07) is 13.7. The molecule has 1 aliphatic carbocycles. The Kier molecular flexibility index (Phi) is 14.7. The van der Waals surface area contributed by atoms with Crippen molar-refractivity contribution in [3.63, 3.8) is 0 Å². The van der Waals surface area contributed by atoms with Gasteiger partial charge in [-0.15, -0.1) is 0 Å². The van der Waals surface area contributed by atoms with Gasteiger partial charge in [-0.25, -0.2) is 4.39 Å². The zero-order valence-corrected chi connectivity index (χ0v) is 16.9. The van der Waals surface area contributed by atoms with E-state index in [-0.39, 0.29) is 20.7 Å². The van der Waals surface area contributed by atoms with Crippen LogP contribution in [0.4, 0.5) is 4.39 Å². The van der Waals surface area contributed by atoms with E-state index in [0.29, 0.717) is 5.56 Å². The highest BCUT2D eigenvalue weighted by Gasteiger charge is 2.13. The molecule has 1 heteroatoms. The largest absolute Gasteiger partial charge is 0.207 e. The molecule has 0 unspecified atom stereocenters. The first-order valence-electron chi connectivity index (χ1n) is 9.54. The molecule has 0 radical (unpaired) electrons. The normalized spacial score (nSPS) is 17.7. The maximum absolute atomic E-state index is 12.6. The Morgan fingerprint density at radius 1 is 0.630 bits per heavy atom. The molecule has 0 spiro atoms. The van der Waals surface area contributed by atoms with Crippen LogP contribution >= 0.6 is 0 Å². The lowest BCUT2D eigenvalue weighted by atomic mass is 9.84. The van der Waals surface area contributed by atoms with Gasteiger partial charge in [-0.1, -0.05) is 102 Å². The predicted octanol–water partition coefficient (Wildman–Crippen LogP) is 8.85. The molecule has 1 saturated carbocycles. The highest BCUT2D eigenvalue weighted by Crippen LogP contribution is 2.27. The van der Waals surface area contributed by atoms with E-state index in [2.05, 4.69) is 52.0 Å². The van der Waals surface area contributed by atoms with Crippen molar-refractivity contribution < 1.29 is 4.39 Å². The maximum atomic E-state index is 12.6. The molecule has 1 fully saturated rings. The van der Waals surface area contributed by atoms with Gasteiger partial charge in [0.2, 0.25) is 0 Å². The third kappa shape index (κ3) is 12.4. The van der Waals surface area contributed by atoms with E-state index in [1.54, 1.807) is 13.0 Å². The molecule has 0 N–H and O–H groups in total. The van der Waals surface area contributed by atoms with Gasteiger partial charge in [-0.2, -0.15) is 0 Å². The van der Waals surface area contributed by atoms with Crippen LogP contribution in [0.25, 0.3) is 0 Å². The van der Waals surface area contributed by atoms with Crippen LogP contribution in [-0.2, 0) is 0 Å². The molecule has 0 saturated heterocycles. The fourth-order valence-electron chi connectivity index (χ4n) is 2.76. The second-order valence-electron chi connectivity index (χ2n) is 7.77. The number of aryl methyl sites for hydroxylation is 4. The maximum Gasteiger partial charge on any atom is 0.126 e. The van der Waals surface area contributed by atoms with Gasteiger partial charge < -0.3 is 0 Å². The van der Waals surface area contributed by atoms with Gasteiger partial charge in [0, 0.05) is 0 Å². The van der Waals surface area contributed by atoms with Gasteiger partial charge >= 0.3 is 0 Å². The first kappa shape index (κ1) is 27.6. The molecule has 1 aliphatic rings. The molecule has 0 aromatic heterocycles. The molecule has 3 rings (SSSR count). The van der Waals surface area contributed by atoms with Crippen LogP contribution in [0.1, 0.15) is 76.6 Å². The summed E-state index contributed by atoms with van der Waals surface area (Å²) in [6.07, 6.45) is 5.89. The van der Waals surface area contributed by atoms with Crippen molar-refractivity contribution in [1.29, 1.82) is 0 Å². The summed E-state index contributed by atoms with van der Waals surface area (Å²) >= 11 is 0. The quantitative estimate of drug-likeness (QED) is 0.432. The van der Waals surface area contributed by atoms with Gasteiger partial charge in [-0.05, 0) is 56.7 Å². The molecule has 0 bridgehead atoms. The Morgan fingerprint density at radius 2 is 0.963 bits per heavy atom. The van der Waals surface area contributed by atoms with E-state index in [1.807, 2.05) is 13.0 Å². The van der Waals surface area contributed by atoms with Crippen LogP contribution in [0, 0.1) is 45.3 Å². The van der Waals surface area contributed by atoms with Crippen LogP contribution in [-0.4, -0.2) is 0 Å². The topological polar surface area (TPSA) is 0 Å². The molecule has 2 aromatic carbocycles. The number of benzene rings is 2. The molecule has 0 aliphatic heterocycles. The Labute approximate surface area is 169 Å². The second-order valence-corrected chi connectivity index (χ2v) is 7.77. The standard InChI is InChI=1S/C8H9F.C8H16.C8H10.2CH4/c1-6-3-4-7(2)8(9)5-6;2*1-7-3-5-8(2)6-4-7;;/h3-5H,1-2H3;7-8H,3-6H2,1-2H3;3-6H,1-2H3;2*1H4. The predicted molar refractivity (Wildman–Crippen MR) is 122 cm³/mol. The van der Waals surface area contributed by atoms with Crippen molar-refractivity contribution in [3.05, 3.63) is 70.5 Å². The van der Waals surface area contributed by atoms with E-state index in [1.165, 1.54) is 42.9 Å². The van der Waals surface area contributed by atoms with E-state index in [4.69, 9.17) is 0 Å². The molecule has 27 heavy (non-hydrogen) atoms. The van der Waals surface area contributed by atoms with Gasteiger partial charge in [0.1, 0.15) is 5.82 Å². The van der Waals surface area contributed by atoms with Gasteiger partial charge in [0.25, 0.3) is 0 Å². The summed E-state index contributed by atoms with van der Waals surface area (Å²) in [7, 11) is 0. The minimum atomic E-state index is -0.116. The van der Waals surface area contributed by atoms with E-state index >= 15 is 0 Å². The molecule has 0 atom stereocenters. The molecular formula is C26H43F. The minimum absolute atomic E-state index is 0. The lowest BCUT2D eigenvalue weighted by molar-refractivity contribution is 0.308. The zero-order chi connectivity index (χ0) is 18.8. The van der Waals surface area contributed by atoms with Crippen molar-refractivity contribution in [2.24, 2.45) is 11.8 Å². The first-order valence-corrected chi connectivity index (χ1v) is 9.54. The Balaban J connectivity index is 0. The first-order chi connectivity index (χ1) is 11.8. The Bertz CT molecular complexity index is 574. The highest BCUT2D eigenvalue weighted by molar-refractivity contribution is 5.21. The lowest BCUT2D eigenvalue weighted by Crippen LogP contribution is -2.08. The SMILES string of the molecule is C.C.CC1CCC(C)CC1.Cc1ccc(C)c(F)c1.Cc1ccc(C)cc1. The zero-order valence-electron chi connectivity index (χ0n) is 16.9. The van der Waals surface area contributed by atoms with E-state index < -0.39 is 0 Å². The molecule has 154 valence electrons. The number of hydrogen-bond donors (Lipinski definition) is 0. The summed E-state index contributed by atoms with van der Waals surface area (Å²) in [6.45, 7) is 12.6.